The first-order chi connectivity index (χ1) is 7.33. The van der Waals surface area contributed by atoms with E-state index in [0.717, 1.165) is 30.6 Å². The molecule has 1 heterocycles. The largest absolute Gasteiger partial charge is 0.294 e. The van der Waals surface area contributed by atoms with Gasteiger partial charge in [0.15, 0.2) is 5.78 Å². The quantitative estimate of drug-likeness (QED) is 0.754. The molecular formula is C13H16OS. The molecule has 1 aromatic carbocycles. The number of carbonyl (C=O) groups is 1. The van der Waals surface area contributed by atoms with Crippen LogP contribution in [0, 0.1) is 5.92 Å². The summed E-state index contributed by atoms with van der Waals surface area (Å²) in [5.41, 5.74) is 0.943. The van der Waals surface area contributed by atoms with Crippen molar-refractivity contribution in [1.29, 1.82) is 0 Å². The van der Waals surface area contributed by atoms with Gasteiger partial charge >= 0.3 is 0 Å². The highest BCUT2D eigenvalue weighted by atomic mass is 32.2. The van der Waals surface area contributed by atoms with E-state index in [0.29, 0.717) is 5.78 Å². The summed E-state index contributed by atoms with van der Waals surface area (Å²) >= 11 is 1.82. The standard InChI is InChI=1S/C13H16OS/c1-2-5-10-8-9-15-12-7-4-3-6-11(12)13(10)14/h3-4,6-7,10H,2,5,8-9H2,1H3. The molecule has 0 bridgehead atoms. The van der Waals surface area contributed by atoms with Crippen LogP contribution in [0.3, 0.4) is 0 Å². The van der Waals surface area contributed by atoms with E-state index in [-0.39, 0.29) is 5.92 Å². The summed E-state index contributed by atoms with van der Waals surface area (Å²) in [5.74, 6) is 1.69. The average Bonchev–Trinajstić information content (AvgIpc) is 2.41. The van der Waals surface area contributed by atoms with Gasteiger partial charge in [0, 0.05) is 16.4 Å². The fourth-order valence-corrected chi connectivity index (χ4v) is 3.20. The van der Waals surface area contributed by atoms with Crippen LogP contribution >= 0.6 is 11.8 Å². The van der Waals surface area contributed by atoms with Crippen molar-refractivity contribution in [3.63, 3.8) is 0 Å². The molecule has 0 amide bonds. The molecule has 0 saturated heterocycles. The molecule has 1 nitrogen and oxygen atoms in total. The van der Waals surface area contributed by atoms with Gasteiger partial charge in [-0.25, -0.2) is 0 Å². The molecule has 80 valence electrons. The van der Waals surface area contributed by atoms with Crippen molar-refractivity contribution in [3.05, 3.63) is 29.8 Å². The molecule has 0 aromatic heterocycles. The Labute approximate surface area is 95.3 Å². The van der Waals surface area contributed by atoms with E-state index in [1.54, 1.807) is 0 Å². The van der Waals surface area contributed by atoms with E-state index >= 15 is 0 Å². The van der Waals surface area contributed by atoms with Crippen LogP contribution < -0.4 is 0 Å². The third kappa shape index (κ3) is 2.25. The van der Waals surface area contributed by atoms with Crippen LogP contribution in [0.25, 0.3) is 0 Å². The van der Waals surface area contributed by atoms with E-state index in [9.17, 15) is 4.79 Å². The van der Waals surface area contributed by atoms with Crippen LogP contribution in [0.15, 0.2) is 29.2 Å². The Morgan fingerprint density at radius 1 is 1.40 bits per heavy atom. The summed E-state index contributed by atoms with van der Waals surface area (Å²) in [4.78, 5) is 13.4. The Morgan fingerprint density at radius 3 is 3.00 bits per heavy atom. The molecule has 1 aliphatic rings. The maximum atomic E-state index is 12.2. The second-order valence-electron chi connectivity index (χ2n) is 3.98. The molecule has 2 rings (SSSR count). The first-order valence-electron chi connectivity index (χ1n) is 5.59. The van der Waals surface area contributed by atoms with Gasteiger partial charge in [-0.15, -0.1) is 11.8 Å². The van der Waals surface area contributed by atoms with Gasteiger partial charge in [-0.2, -0.15) is 0 Å². The predicted octanol–water partition coefficient (Wildman–Crippen LogP) is 3.78. The third-order valence-corrected chi connectivity index (χ3v) is 3.99. The Bertz CT molecular complexity index is 359. The van der Waals surface area contributed by atoms with Crippen LogP contribution in [-0.4, -0.2) is 11.5 Å². The number of benzene rings is 1. The molecule has 0 fully saturated rings. The molecule has 1 atom stereocenters. The predicted molar refractivity (Wildman–Crippen MR) is 64.5 cm³/mol. The van der Waals surface area contributed by atoms with Crippen molar-refractivity contribution in [2.75, 3.05) is 5.75 Å². The number of fused-ring (bicyclic) bond motifs is 1. The van der Waals surface area contributed by atoms with Crippen molar-refractivity contribution < 1.29 is 4.79 Å². The van der Waals surface area contributed by atoms with Gasteiger partial charge in [0.25, 0.3) is 0 Å². The molecular weight excluding hydrogens is 204 g/mol. The summed E-state index contributed by atoms with van der Waals surface area (Å²) in [6.45, 7) is 2.15. The van der Waals surface area contributed by atoms with E-state index in [4.69, 9.17) is 0 Å². The van der Waals surface area contributed by atoms with Crippen molar-refractivity contribution in [2.24, 2.45) is 5.92 Å². The minimum Gasteiger partial charge on any atom is -0.294 e. The molecule has 15 heavy (non-hydrogen) atoms. The van der Waals surface area contributed by atoms with Gasteiger partial charge in [0.2, 0.25) is 0 Å². The Hall–Kier alpha value is -0.760. The Kier molecular flexibility index (Phi) is 3.47. The summed E-state index contributed by atoms with van der Waals surface area (Å²) in [7, 11) is 0. The number of carbonyl (C=O) groups excluding carboxylic acids is 1. The van der Waals surface area contributed by atoms with Crippen LogP contribution in [0.2, 0.25) is 0 Å². The molecule has 2 heteroatoms. The van der Waals surface area contributed by atoms with Crippen LogP contribution in [0.5, 0.6) is 0 Å². The SMILES string of the molecule is CCCC1CCSc2ccccc2C1=O. The van der Waals surface area contributed by atoms with Gasteiger partial charge in [0.1, 0.15) is 0 Å². The van der Waals surface area contributed by atoms with Gasteiger partial charge in [-0.3, -0.25) is 4.79 Å². The summed E-state index contributed by atoms with van der Waals surface area (Å²) in [5, 5.41) is 0. The fraction of sp³-hybridized carbons (Fsp3) is 0.462. The third-order valence-electron chi connectivity index (χ3n) is 2.88. The lowest BCUT2D eigenvalue weighted by Crippen LogP contribution is -2.14. The highest BCUT2D eigenvalue weighted by Gasteiger charge is 2.24. The molecule has 0 aliphatic carbocycles. The topological polar surface area (TPSA) is 17.1 Å². The fourth-order valence-electron chi connectivity index (χ4n) is 2.08. The second-order valence-corrected chi connectivity index (χ2v) is 5.12. The number of hydrogen-bond donors (Lipinski definition) is 0. The minimum atomic E-state index is 0.256. The molecule has 0 N–H and O–H groups in total. The van der Waals surface area contributed by atoms with E-state index in [1.807, 2.05) is 30.0 Å². The van der Waals surface area contributed by atoms with Crippen LogP contribution in [-0.2, 0) is 0 Å². The monoisotopic (exact) mass is 220 g/mol. The Balaban J connectivity index is 2.30. The van der Waals surface area contributed by atoms with Gasteiger partial charge in [0.05, 0.1) is 0 Å². The lowest BCUT2D eigenvalue weighted by atomic mass is 9.91. The maximum absolute atomic E-state index is 12.2. The Morgan fingerprint density at radius 2 is 2.20 bits per heavy atom. The number of ketones is 1. The summed E-state index contributed by atoms with van der Waals surface area (Å²) < 4.78 is 0. The van der Waals surface area contributed by atoms with E-state index < -0.39 is 0 Å². The first-order valence-corrected chi connectivity index (χ1v) is 6.57. The van der Waals surface area contributed by atoms with Gasteiger partial charge < -0.3 is 0 Å². The molecule has 0 radical (unpaired) electrons. The molecule has 0 saturated carbocycles. The summed E-state index contributed by atoms with van der Waals surface area (Å²) in [6.07, 6.45) is 3.17. The number of rotatable bonds is 2. The van der Waals surface area contributed by atoms with Crippen LogP contribution in [0.1, 0.15) is 36.5 Å². The zero-order valence-corrected chi connectivity index (χ0v) is 9.85. The molecule has 0 spiro atoms. The van der Waals surface area contributed by atoms with Crippen molar-refractivity contribution in [1.82, 2.24) is 0 Å². The zero-order valence-electron chi connectivity index (χ0n) is 9.03. The number of Topliss-reactive ketones (excluding diaryl/α,β-unsaturated/α-hetero) is 1. The minimum absolute atomic E-state index is 0.256. The highest BCUT2D eigenvalue weighted by Crippen LogP contribution is 2.32. The van der Waals surface area contributed by atoms with Crippen molar-refractivity contribution in [2.45, 2.75) is 31.1 Å². The number of thioether (sulfide) groups is 1. The highest BCUT2D eigenvalue weighted by molar-refractivity contribution is 7.99. The average molecular weight is 220 g/mol. The first kappa shape index (κ1) is 10.7. The number of hydrogen-bond acceptors (Lipinski definition) is 2. The van der Waals surface area contributed by atoms with E-state index in [1.165, 1.54) is 4.90 Å². The zero-order chi connectivity index (χ0) is 10.7. The van der Waals surface area contributed by atoms with Gasteiger partial charge in [-0.1, -0.05) is 31.5 Å². The lowest BCUT2D eigenvalue weighted by Gasteiger charge is -2.11. The molecule has 1 aliphatic heterocycles. The lowest BCUT2D eigenvalue weighted by molar-refractivity contribution is 0.0908. The molecule has 1 aromatic rings. The second kappa shape index (κ2) is 4.84. The summed E-state index contributed by atoms with van der Waals surface area (Å²) in [6, 6.07) is 8.01. The molecule has 1 unspecified atom stereocenters. The van der Waals surface area contributed by atoms with Crippen molar-refractivity contribution in [3.8, 4) is 0 Å². The van der Waals surface area contributed by atoms with E-state index in [2.05, 4.69) is 13.0 Å². The maximum Gasteiger partial charge on any atom is 0.167 e. The normalized spacial score (nSPS) is 20.9. The van der Waals surface area contributed by atoms with Crippen LogP contribution in [0.4, 0.5) is 0 Å². The van der Waals surface area contributed by atoms with Gasteiger partial charge in [-0.05, 0) is 24.7 Å². The van der Waals surface area contributed by atoms with Crippen molar-refractivity contribution >= 4 is 17.5 Å². The smallest absolute Gasteiger partial charge is 0.167 e.